The number of aliphatic hydroxyl groups is 1. The molecular formula is C49H53N7O9S. The molecule has 3 heterocycles. The molecule has 4 aromatic carbocycles. The molecule has 0 radical (unpaired) electrons. The van der Waals surface area contributed by atoms with E-state index in [2.05, 4.69) is 31.9 Å². The first-order chi connectivity index (χ1) is 31.9. The third kappa shape index (κ3) is 13.9. The molecule has 0 spiro atoms. The van der Waals surface area contributed by atoms with Crippen molar-refractivity contribution in [3.05, 3.63) is 148 Å². The molecule has 16 nitrogen and oxygen atoms in total. The number of aliphatic hydroxyl groups excluding tert-OH is 1. The van der Waals surface area contributed by atoms with Crippen LogP contribution in [0, 0.1) is 0 Å². The second-order valence-electron chi connectivity index (χ2n) is 16.0. The molecule has 2 bridgehead atoms. The molecule has 5 aromatic rings. The first-order valence-electron chi connectivity index (χ1n) is 21.6. The van der Waals surface area contributed by atoms with Crippen LogP contribution in [-0.2, 0) is 52.8 Å². The van der Waals surface area contributed by atoms with Crippen LogP contribution in [0.15, 0.2) is 127 Å². The quantitative estimate of drug-likeness (QED) is 0.0616. The Morgan fingerprint density at radius 3 is 1.89 bits per heavy atom. The molecule has 0 fully saturated rings. The summed E-state index contributed by atoms with van der Waals surface area (Å²) in [6.07, 6.45) is -1.72. The number of nitrogens with one attached hydrogen (secondary N) is 6. The van der Waals surface area contributed by atoms with Crippen LogP contribution in [0.1, 0.15) is 53.3 Å². The van der Waals surface area contributed by atoms with E-state index < -0.39 is 84.1 Å². The molecule has 0 saturated heterocycles. The number of aliphatic carboxylic acids is 1. The van der Waals surface area contributed by atoms with Crippen LogP contribution in [0.2, 0.25) is 0 Å². The summed E-state index contributed by atoms with van der Waals surface area (Å²) < 4.78 is 0. The molecule has 6 atom stereocenters. The predicted octanol–water partition coefficient (Wildman–Crippen LogP) is 3.16. The van der Waals surface area contributed by atoms with E-state index in [0.29, 0.717) is 41.0 Å². The number of carboxylic acid groups (broad SMARTS) is 1. The van der Waals surface area contributed by atoms with Crippen molar-refractivity contribution in [2.45, 2.75) is 81.3 Å². The van der Waals surface area contributed by atoms with E-state index in [1.54, 1.807) is 60.0 Å². The van der Waals surface area contributed by atoms with Crippen molar-refractivity contribution in [2.24, 2.45) is 5.73 Å². The van der Waals surface area contributed by atoms with Gasteiger partial charge in [0, 0.05) is 29.8 Å². The summed E-state index contributed by atoms with van der Waals surface area (Å²) in [4.78, 5) is 96.7. The standard InChI is InChI=1S/C49H53N7O9S/c50-24-8-7-14-36(49(64)65)52-44(59)38-28-32-18-22-35(23-19-32)51-47(62)40(57)29-42(58)56-43(41-15-9-25-66-41)48(63)55-39(27-31-16-20-34(21-17-31)33-12-5-2-6-13-33)46(61)53-37(45(60)54-38)26-30-10-3-1-4-11-30/h1-6,9-13,15-23,25,36-40,43,57H,7-8,14,24,26-29,50H2,(H,51,62)(H,52,59)(H,53,61)(H,54,60)(H,55,63)(H,56,58)(H,64,65)/t36-,37+,38-,39-,40+,43?/m0/s1. The number of thiophene rings is 1. The lowest BCUT2D eigenvalue weighted by molar-refractivity contribution is -0.142. The minimum atomic E-state index is -1.82. The van der Waals surface area contributed by atoms with Crippen molar-refractivity contribution in [1.82, 2.24) is 26.6 Å². The number of hydrogen-bond donors (Lipinski definition) is 9. The van der Waals surface area contributed by atoms with Gasteiger partial charge in [0.1, 0.15) is 36.3 Å². The first-order valence-corrected chi connectivity index (χ1v) is 22.5. The smallest absolute Gasteiger partial charge is 0.326 e. The molecule has 0 aliphatic carbocycles. The molecule has 17 heteroatoms. The second kappa shape index (κ2) is 23.6. The molecule has 7 rings (SSSR count). The topological polar surface area (TPSA) is 258 Å². The lowest BCUT2D eigenvalue weighted by Crippen LogP contribution is -2.59. The van der Waals surface area contributed by atoms with Gasteiger partial charge in [0.05, 0.1) is 6.42 Å². The van der Waals surface area contributed by atoms with Crippen molar-refractivity contribution in [2.75, 3.05) is 11.9 Å². The number of benzene rings is 4. The number of nitrogens with two attached hydrogens (primary N) is 1. The molecule has 1 aromatic heterocycles. The van der Waals surface area contributed by atoms with E-state index in [1.165, 1.54) is 12.1 Å². The van der Waals surface area contributed by atoms with E-state index in [4.69, 9.17) is 5.73 Å². The third-order valence-electron chi connectivity index (χ3n) is 11.0. The van der Waals surface area contributed by atoms with Gasteiger partial charge in [0.25, 0.3) is 5.91 Å². The van der Waals surface area contributed by atoms with E-state index >= 15 is 0 Å². The fraction of sp³-hybridized carbons (Fsp3) is 0.286. The van der Waals surface area contributed by atoms with Crippen molar-refractivity contribution >= 4 is 58.4 Å². The number of rotatable bonds is 13. The lowest BCUT2D eigenvalue weighted by atomic mass is 9.99. The largest absolute Gasteiger partial charge is 0.480 e. The second-order valence-corrected chi connectivity index (χ2v) is 16.9. The Balaban J connectivity index is 1.38. The number of carboxylic acids is 1. The van der Waals surface area contributed by atoms with Crippen molar-refractivity contribution < 1.29 is 43.8 Å². The summed E-state index contributed by atoms with van der Waals surface area (Å²) in [5, 5.41) is 38.6. The van der Waals surface area contributed by atoms with Gasteiger partial charge in [-0.1, -0.05) is 103 Å². The average molecular weight is 916 g/mol. The summed E-state index contributed by atoms with van der Waals surface area (Å²) in [6, 6.07) is 28.7. The third-order valence-corrected chi connectivity index (χ3v) is 11.9. The number of unbranched alkanes of at least 4 members (excludes halogenated alkanes) is 1. The average Bonchev–Trinajstić information content (AvgIpc) is 3.86. The highest BCUT2D eigenvalue weighted by molar-refractivity contribution is 7.10. The van der Waals surface area contributed by atoms with Gasteiger partial charge in [0.2, 0.25) is 29.5 Å². The Bertz CT molecular complexity index is 2440. The van der Waals surface area contributed by atoms with Gasteiger partial charge in [-0.2, -0.15) is 0 Å². The zero-order valence-electron chi connectivity index (χ0n) is 36.0. The van der Waals surface area contributed by atoms with Gasteiger partial charge in [-0.15, -0.1) is 11.3 Å². The van der Waals surface area contributed by atoms with E-state index in [1.807, 2.05) is 54.6 Å². The Morgan fingerprint density at radius 2 is 1.27 bits per heavy atom. The Labute approximate surface area is 385 Å². The summed E-state index contributed by atoms with van der Waals surface area (Å²) in [5.74, 6) is -6.11. The van der Waals surface area contributed by atoms with E-state index in [9.17, 15) is 43.8 Å². The number of anilines is 1. The Kier molecular flexibility index (Phi) is 17.3. The summed E-state index contributed by atoms with van der Waals surface area (Å²) in [5.41, 5.74) is 9.55. The SMILES string of the molecule is NCCCC[C@H](NC(=O)[C@@H]1Cc2ccc(cc2)NC(=O)[C@H](O)CC(=O)NC(c2cccs2)C(=O)N[C@@H](Cc2ccc(-c3ccccc3)cc2)C(=O)N[C@H](Cc2ccccc2)C(=O)N1)C(=O)O. The summed E-state index contributed by atoms with van der Waals surface area (Å²) >= 11 is 1.16. The minimum Gasteiger partial charge on any atom is -0.480 e. The van der Waals surface area contributed by atoms with E-state index in [-0.39, 0.29) is 31.4 Å². The highest BCUT2D eigenvalue weighted by Crippen LogP contribution is 2.23. The molecular weight excluding hydrogens is 863 g/mol. The minimum absolute atomic E-state index is 0.0410. The number of amides is 6. The van der Waals surface area contributed by atoms with Crippen LogP contribution in [0.4, 0.5) is 5.69 Å². The highest BCUT2D eigenvalue weighted by Gasteiger charge is 2.34. The maximum atomic E-state index is 14.7. The van der Waals surface area contributed by atoms with Crippen LogP contribution < -0.4 is 37.6 Å². The number of hydrogen-bond acceptors (Lipinski definition) is 10. The van der Waals surface area contributed by atoms with Crippen LogP contribution in [0.25, 0.3) is 11.1 Å². The fourth-order valence-corrected chi connectivity index (χ4v) is 8.17. The van der Waals surface area contributed by atoms with Crippen LogP contribution in [0.5, 0.6) is 0 Å². The predicted molar refractivity (Wildman–Crippen MR) is 249 cm³/mol. The Hall–Kier alpha value is -7.21. The van der Waals surface area contributed by atoms with Gasteiger partial charge in [-0.25, -0.2) is 4.79 Å². The fourth-order valence-electron chi connectivity index (χ4n) is 7.39. The molecule has 2 aliphatic heterocycles. The number of carbonyl (C=O) groups excluding carboxylic acids is 6. The number of carbonyl (C=O) groups is 7. The maximum Gasteiger partial charge on any atom is 0.326 e. The van der Waals surface area contributed by atoms with Gasteiger partial charge in [-0.05, 0) is 77.2 Å². The lowest BCUT2D eigenvalue weighted by Gasteiger charge is -2.27. The molecule has 2 aliphatic rings. The Morgan fingerprint density at radius 1 is 0.667 bits per heavy atom. The van der Waals surface area contributed by atoms with Crippen LogP contribution >= 0.6 is 11.3 Å². The summed E-state index contributed by atoms with van der Waals surface area (Å²) in [7, 11) is 0. The molecule has 0 saturated carbocycles. The summed E-state index contributed by atoms with van der Waals surface area (Å²) in [6.45, 7) is 0.332. The monoisotopic (exact) mass is 915 g/mol. The molecule has 344 valence electrons. The molecule has 6 amide bonds. The highest BCUT2D eigenvalue weighted by atomic mass is 32.1. The maximum absolute atomic E-state index is 14.7. The zero-order valence-corrected chi connectivity index (χ0v) is 36.8. The van der Waals surface area contributed by atoms with Gasteiger partial charge >= 0.3 is 5.97 Å². The van der Waals surface area contributed by atoms with E-state index in [0.717, 1.165) is 22.5 Å². The van der Waals surface area contributed by atoms with Gasteiger partial charge < -0.3 is 47.8 Å². The molecule has 10 N–H and O–H groups in total. The molecule has 1 unspecified atom stereocenters. The first kappa shape index (κ1) is 48.3. The van der Waals surface area contributed by atoms with Crippen molar-refractivity contribution in [1.29, 1.82) is 0 Å². The van der Waals surface area contributed by atoms with Crippen molar-refractivity contribution in [3.63, 3.8) is 0 Å². The van der Waals surface area contributed by atoms with Gasteiger partial charge in [0.15, 0.2) is 0 Å². The normalized spacial score (nSPS) is 20.3. The zero-order chi connectivity index (χ0) is 47.0. The molecule has 66 heavy (non-hydrogen) atoms. The number of fused-ring (bicyclic) bond motifs is 18. The van der Waals surface area contributed by atoms with Crippen LogP contribution in [0.3, 0.4) is 0 Å². The van der Waals surface area contributed by atoms with Crippen molar-refractivity contribution in [3.8, 4) is 11.1 Å². The van der Waals surface area contributed by atoms with Crippen LogP contribution in [-0.4, -0.2) is 88.4 Å². The van der Waals surface area contributed by atoms with Gasteiger partial charge in [-0.3, -0.25) is 28.8 Å².